The number of nitrogens with zero attached hydrogens (tertiary/aromatic N) is 1. The maximum absolute atomic E-state index is 5.43. The molecule has 58 valence electrons. The Balaban J connectivity index is 2.39. The van der Waals surface area contributed by atoms with Gasteiger partial charge in [-0.1, -0.05) is 0 Å². The minimum Gasteiger partial charge on any atom is -0.376 e. The first-order chi connectivity index (χ1) is 4.70. The molecule has 3 nitrogen and oxygen atoms in total. The quantitative estimate of drug-likeness (QED) is 0.504. The van der Waals surface area contributed by atoms with Gasteiger partial charge in [0.15, 0.2) is 5.11 Å². The van der Waals surface area contributed by atoms with E-state index in [4.69, 9.17) is 22.7 Å². The van der Waals surface area contributed by atoms with E-state index < -0.39 is 0 Å². The molecule has 1 heterocycles. The zero-order chi connectivity index (χ0) is 7.56. The van der Waals surface area contributed by atoms with Gasteiger partial charge in [-0.05, 0) is 19.1 Å². The van der Waals surface area contributed by atoms with Crippen molar-refractivity contribution in [3.05, 3.63) is 0 Å². The highest BCUT2D eigenvalue weighted by Crippen LogP contribution is 2.02. The number of thiocarbonyl (C=S) groups is 1. The topological polar surface area (TPSA) is 38.5 Å². The van der Waals surface area contributed by atoms with Crippen LogP contribution in [0.4, 0.5) is 0 Å². The lowest BCUT2D eigenvalue weighted by molar-refractivity contribution is 0.00621. The zero-order valence-electron chi connectivity index (χ0n) is 6.04. The van der Waals surface area contributed by atoms with Crippen LogP contribution in [0.3, 0.4) is 0 Å². The summed E-state index contributed by atoms with van der Waals surface area (Å²) in [6, 6.07) is 0. The van der Waals surface area contributed by atoms with Gasteiger partial charge in [0.05, 0.1) is 12.7 Å². The molecule has 0 amide bonds. The maximum Gasteiger partial charge on any atom is 0.166 e. The zero-order valence-corrected chi connectivity index (χ0v) is 6.86. The second kappa shape index (κ2) is 3.16. The average molecular weight is 160 g/mol. The predicted octanol–water partition coefficient (Wildman–Crippen LogP) is -0.0493. The first-order valence-electron chi connectivity index (χ1n) is 3.36. The maximum atomic E-state index is 5.43. The molecule has 1 aliphatic heterocycles. The Morgan fingerprint density at radius 1 is 1.80 bits per heavy atom. The average Bonchev–Trinajstić information content (AvgIpc) is 1.88. The first kappa shape index (κ1) is 7.75. The Bertz CT molecular complexity index is 140. The van der Waals surface area contributed by atoms with Crippen molar-refractivity contribution in [2.75, 3.05) is 19.7 Å². The Hall–Kier alpha value is -0.350. The number of hydrogen-bond donors (Lipinski definition) is 1. The Labute approximate surface area is 66.1 Å². The number of hydrogen-bond acceptors (Lipinski definition) is 2. The van der Waals surface area contributed by atoms with Crippen molar-refractivity contribution in [1.29, 1.82) is 0 Å². The number of nitrogens with two attached hydrogens (primary N) is 1. The molecule has 1 saturated heterocycles. The summed E-state index contributed by atoms with van der Waals surface area (Å²) < 4.78 is 5.30. The van der Waals surface area contributed by atoms with Crippen molar-refractivity contribution < 1.29 is 4.74 Å². The molecule has 0 saturated carbocycles. The minimum absolute atomic E-state index is 0.259. The third-order valence-corrected chi connectivity index (χ3v) is 1.81. The highest BCUT2D eigenvalue weighted by molar-refractivity contribution is 7.80. The van der Waals surface area contributed by atoms with Gasteiger partial charge in [-0.25, -0.2) is 0 Å². The molecule has 0 radical (unpaired) electrons. The van der Waals surface area contributed by atoms with Crippen LogP contribution < -0.4 is 5.73 Å². The summed E-state index contributed by atoms with van der Waals surface area (Å²) in [5.74, 6) is 0. The molecule has 0 aliphatic carbocycles. The van der Waals surface area contributed by atoms with Crippen LogP contribution in [0.15, 0.2) is 0 Å². The minimum atomic E-state index is 0.259. The Morgan fingerprint density at radius 3 is 2.90 bits per heavy atom. The highest BCUT2D eigenvalue weighted by atomic mass is 32.1. The molecule has 1 unspecified atom stereocenters. The highest BCUT2D eigenvalue weighted by Gasteiger charge is 2.16. The largest absolute Gasteiger partial charge is 0.376 e. The van der Waals surface area contributed by atoms with Crippen molar-refractivity contribution in [1.82, 2.24) is 4.90 Å². The predicted molar refractivity (Wildman–Crippen MR) is 43.8 cm³/mol. The molecule has 1 atom stereocenters. The fraction of sp³-hybridized carbons (Fsp3) is 0.833. The molecule has 0 aromatic rings. The second-order valence-corrected chi connectivity index (χ2v) is 2.88. The van der Waals surface area contributed by atoms with E-state index in [1.807, 2.05) is 11.8 Å². The third-order valence-electron chi connectivity index (χ3n) is 1.55. The van der Waals surface area contributed by atoms with Gasteiger partial charge in [-0.2, -0.15) is 0 Å². The molecule has 0 spiro atoms. The van der Waals surface area contributed by atoms with E-state index in [1.165, 1.54) is 0 Å². The normalized spacial score (nSPS) is 26.5. The molecule has 0 bridgehead atoms. The first-order valence-corrected chi connectivity index (χ1v) is 3.77. The van der Waals surface area contributed by atoms with Crippen LogP contribution in [-0.2, 0) is 4.74 Å². The number of morpholine rings is 1. The standard InChI is InChI=1S/C6H12N2OS/c1-5-4-8(6(7)10)2-3-9-5/h5H,2-4H2,1H3,(H2,7,10). The van der Waals surface area contributed by atoms with E-state index in [2.05, 4.69) is 0 Å². The monoisotopic (exact) mass is 160 g/mol. The Kier molecular flexibility index (Phi) is 2.45. The fourth-order valence-corrected chi connectivity index (χ4v) is 1.18. The smallest absolute Gasteiger partial charge is 0.166 e. The third kappa shape index (κ3) is 1.82. The van der Waals surface area contributed by atoms with Crippen LogP contribution in [0.2, 0.25) is 0 Å². The summed E-state index contributed by atoms with van der Waals surface area (Å²) in [5.41, 5.74) is 5.43. The van der Waals surface area contributed by atoms with Crippen LogP contribution in [0.1, 0.15) is 6.92 Å². The van der Waals surface area contributed by atoms with Crippen LogP contribution >= 0.6 is 12.2 Å². The van der Waals surface area contributed by atoms with Gasteiger partial charge in [0.1, 0.15) is 0 Å². The lowest BCUT2D eigenvalue weighted by Crippen LogP contribution is -2.46. The van der Waals surface area contributed by atoms with Gasteiger partial charge in [-0.3, -0.25) is 0 Å². The van der Waals surface area contributed by atoms with Crippen LogP contribution in [0.5, 0.6) is 0 Å². The lowest BCUT2D eigenvalue weighted by Gasteiger charge is -2.31. The molecular formula is C6H12N2OS. The Morgan fingerprint density at radius 2 is 2.50 bits per heavy atom. The van der Waals surface area contributed by atoms with Gasteiger partial charge < -0.3 is 15.4 Å². The molecule has 4 heteroatoms. The van der Waals surface area contributed by atoms with E-state index in [9.17, 15) is 0 Å². The summed E-state index contributed by atoms with van der Waals surface area (Å²) in [6.07, 6.45) is 0.259. The summed E-state index contributed by atoms with van der Waals surface area (Å²) in [6.45, 7) is 4.41. The van der Waals surface area contributed by atoms with Gasteiger partial charge in [-0.15, -0.1) is 0 Å². The van der Waals surface area contributed by atoms with E-state index >= 15 is 0 Å². The molecule has 0 aromatic carbocycles. The summed E-state index contributed by atoms with van der Waals surface area (Å²) in [7, 11) is 0. The van der Waals surface area contributed by atoms with Crippen molar-refractivity contribution in [2.45, 2.75) is 13.0 Å². The SMILES string of the molecule is CC1CN(C(N)=S)CCO1. The molecule has 1 aliphatic rings. The molecule has 2 N–H and O–H groups in total. The van der Waals surface area contributed by atoms with E-state index in [1.54, 1.807) is 0 Å². The van der Waals surface area contributed by atoms with E-state index in [0.29, 0.717) is 5.11 Å². The lowest BCUT2D eigenvalue weighted by atomic mass is 10.3. The van der Waals surface area contributed by atoms with Gasteiger partial charge >= 0.3 is 0 Å². The van der Waals surface area contributed by atoms with Crippen LogP contribution in [0, 0.1) is 0 Å². The molecule has 10 heavy (non-hydrogen) atoms. The van der Waals surface area contributed by atoms with Gasteiger partial charge in [0, 0.05) is 13.1 Å². The van der Waals surface area contributed by atoms with Crippen LogP contribution in [0.25, 0.3) is 0 Å². The van der Waals surface area contributed by atoms with Gasteiger partial charge in [0.2, 0.25) is 0 Å². The van der Waals surface area contributed by atoms with Crippen LogP contribution in [-0.4, -0.2) is 35.8 Å². The molecule has 1 rings (SSSR count). The van der Waals surface area contributed by atoms with E-state index in [0.717, 1.165) is 19.7 Å². The number of ether oxygens (including phenoxy) is 1. The van der Waals surface area contributed by atoms with Crippen molar-refractivity contribution in [3.8, 4) is 0 Å². The summed E-state index contributed by atoms with van der Waals surface area (Å²) >= 11 is 4.82. The van der Waals surface area contributed by atoms with Crippen molar-refractivity contribution in [2.24, 2.45) is 5.73 Å². The number of rotatable bonds is 0. The van der Waals surface area contributed by atoms with Crippen molar-refractivity contribution in [3.63, 3.8) is 0 Å². The van der Waals surface area contributed by atoms with Gasteiger partial charge in [0.25, 0.3) is 0 Å². The van der Waals surface area contributed by atoms with Crippen molar-refractivity contribution >= 4 is 17.3 Å². The van der Waals surface area contributed by atoms with E-state index in [-0.39, 0.29) is 6.10 Å². The molecule has 1 fully saturated rings. The second-order valence-electron chi connectivity index (χ2n) is 2.47. The fourth-order valence-electron chi connectivity index (χ4n) is 1.02. The molecule has 0 aromatic heterocycles. The summed E-state index contributed by atoms with van der Waals surface area (Å²) in [5, 5.41) is 0.482. The summed E-state index contributed by atoms with van der Waals surface area (Å²) in [4.78, 5) is 1.96. The molecular weight excluding hydrogens is 148 g/mol.